The van der Waals surface area contributed by atoms with Crippen LogP contribution in [-0.4, -0.2) is 20.2 Å². The van der Waals surface area contributed by atoms with Gasteiger partial charge in [-0.1, -0.05) is 50.8 Å². The predicted molar refractivity (Wildman–Crippen MR) is 82.6 cm³/mol. The van der Waals surface area contributed by atoms with Crippen LogP contribution < -0.4 is 5.32 Å². The van der Waals surface area contributed by atoms with Gasteiger partial charge in [-0.15, -0.1) is 0 Å². The first kappa shape index (κ1) is 15.5. The van der Waals surface area contributed by atoms with Crippen molar-refractivity contribution in [2.45, 2.75) is 62.9 Å². The quantitative estimate of drug-likeness (QED) is 0.784. The van der Waals surface area contributed by atoms with Gasteiger partial charge in [0, 0.05) is 12.1 Å². The molecule has 0 aromatic heterocycles. The molecule has 0 saturated carbocycles. The molecule has 2 rings (SSSR count). The number of hydrogen-bond acceptors (Lipinski definition) is 3. The van der Waals surface area contributed by atoms with Crippen LogP contribution in [0.5, 0.6) is 0 Å². The molecule has 4 heteroatoms. The Hall–Kier alpha value is -0.870. The number of fused-ring (bicyclic) bond motifs is 1. The fourth-order valence-electron chi connectivity index (χ4n) is 2.89. The van der Waals surface area contributed by atoms with Gasteiger partial charge in [0.05, 0.1) is 10.6 Å². The highest BCUT2D eigenvalue weighted by Gasteiger charge is 2.34. The summed E-state index contributed by atoms with van der Waals surface area (Å²) in [6.45, 7) is 4.36. The zero-order valence-electron chi connectivity index (χ0n) is 12.4. The Morgan fingerprint density at radius 1 is 1.25 bits per heavy atom. The van der Waals surface area contributed by atoms with Gasteiger partial charge in [-0.3, -0.25) is 0 Å². The molecule has 0 amide bonds. The second-order valence-corrected chi connectivity index (χ2v) is 7.79. The maximum Gasteiger partial charge on any atom is 0.180 e. The molecule has 3 nitrogen and oxygen atoms in total. The minimum atomic E-state index is -3.09. The summed E-state index contributed by atoms with van der Waals surface area (Å²) >= 11 is 0. The molecule has 0 radical (unpaired) electrons. The molecule has 20 heavy (non-hydrogen) atoms. The zero-order valence-corrected chi connectivity index (χ0v) is 13.2. The van der Waals surface area contributed by atoms with Gasteiger partial charge in [0.15, 0.2) is 9.84 Å². The summed E-state index contributed by atoms with van der Waals surface area (Å²) in [4.78, 5) is 0.510. The average molecular weight is 295 g/mol. The molecule has 0 saturated heterocycles. The van der Waals surface area contributed by atoms with E-state index in [0.29, 0.717) is 10.9 Å². The van der Waals surface area contributed by atoms with Crippen molar-refractivity contribution in [2.24, 2.45) is 0 Å². The predicted octanol–water partition coefficient (Wildman–Crippen LogP) is 3.46. The Balaban J connectivity index is 1.95. The van der Waals surface area contributed by atoms with Gasteiger partial charge in [0.25, 0.3) is 0 Å². The number of benzene rings is 1. The SMILES string of the molecule is CCCCCCC(C)NC1CS(=O)(=O)c2ccccc21. The van der Waals surface area contributed by atoms with Crippen LogP contribution in [0.3, 0.4) is 0 Å². The first-order chi connectivity index (χ1) is 9.54. The third-order valence-corrected chi connectivity index (χ3v) is 5.81. The van der Waals surface area contributed by atoms with Gasteiger partial charge in [0.2, 0.25) is 0 Å². The summed E-state index contributed by atoms with van der Waals surface area (Å²) in [5.41, 5.74) is 0.938. The van der Waals surface area contributed by atoms with Crippen molar-refractivity contribution in [1.29, 1.82) is 0 Å². The third kappa shape index (κ3) is 3.61. The van der Waals surface area contributed by atoms with Crippen molar-refractivity contribution in [1.82, 2.24) is 5.32 Å². The van der Waals surface area contributed by atoms with Gasteiger partial charge >= 0.3 is 0 Å². The van der Waals surface area contributed by atoms with E-state index in [1.165, 1.54) is 25.7 Å². The van der Waals surface area contributed by atoms with E-state index in [1.54, 1.807) is 12.1 Å². The van der Waals surface area contributed by atoms with E-state index in [4.69, 9.17) is 0 Å². The van der Waals surface area contributed by atoms with Gasteiger partial charge < -0.3 is 5.32 Å². The van der Waals surface area contributed by atoms with E-state index in [1.807, 2.05) is 12.1 Å². The summed E-state index contributed by atoms with van der Waals surface area (Å²) in [5.74, 6) is 0.200. The fraction of sp³-hybridized carbons (Fsp3) is 0.625. The molecule has 0 spiro atoms. The van der Waals surface area contributed by atoms with Crippen molar-refractivity contribution in [3.8, 4) is 0 Å². The van der Waals surface area contributed by atoms with E-state index in [0.717, 1.165) is 12.0 Å². The van der Waals surface area contributed by atoms with Gasteiger partial charge in [-0.2, -0.15) is 0 Å². The molecule has 1 aliphatic heterocycles. The number of unbranched alkanes of at least 4 members (excludes halogenated alkanes) is 3. The minimum Gasteiger partial charge on any atom is -0.307 e. The molecule has 1 heterocycles. The molecule has 0 fully saturated rings. The largest absolute Gasteiger partial charge is 0.307 e. The van der Waals surface area contributed by atoms with Crippen molar-refractivity contribution < 1.29 is 8.42 Å². The smallest absolute Gasteiger partial charge is 0.180 e. The van der Waals surface area contributed by atoms with Crippen molar-refractivity contribution in [3.05, 3.63) is 29.8 Å². The molecule has 2 atom stereocenters. The Bertz CT molecular complexity index is 539. The monoisotopic (exact) mass is 295 g/mol. The van der Waals surface area contributed by atoms with E-state index < -0.39 is 9.84 Å². The average Bonchev–Trinajstić information content (AvgIpc) is 2.67. The zero-order chi connectivity index (χ0) is 14.6. The van der Waals surface area contributed by atoms with Crippen molar-refractivity contribution in [2.75, 3.05) is 5.75 Å². The van der Waals surface area contributed by atoms with Gasteiger partial charge in [-0.05, 0) is 25.0 Å². The summed E-state index contributed by atoms with van der Waals surface area (Å²) in [5, 5.41) is 3.49. The van der Waals surface area contributed by atoms with E-state index in [9.17, 15) is 8.42 Å². The van der Waals surface area contributed by atoms with Crippen LogP contribution in [0, 0.1) is 0 Å². The first-order valence-electron chi connectivity index (χ1n) is 7.62. The molecule has 0 aliphatic carbocycles. The Kier molecular flexibility index (Phi) is 5.22. The van der Waals surface area contributed by atoms with Crippen LogP contribution in [0.1, 0.15) is 57.6 Å². The van der Waals surface area contributed by atoms with Crippen molar-refractivity contribution in [3.63, 3.8) is 0 Å². The van der Waals surface area contributed by atoms with Crippen molar-refractivity contribution >= 4 is 9.84 Å². The first-order valence-corrected chi connectivity index (χ1v) is 9.27. The molecule has 112 valence electrons. The number of nitrogens with one attached hydrogen (secondary N) is 1. The van der Waals surface area contributed by atoms with E-state index in [-0.39, 0.29) is 11.8 Å². The summed E-state index contributed by atoms with van der Waals surface area (Å²) in [7, 11) is -3.09. The van der Waals surface area contributed by atoms with Crippen LogP contribution >= 0.6 is 0 Å². The molecule has 0 bridgehead atoms. The molecule has 1 N–H and O–H groups in total. The Morgan fingerprint density at radius 2 is 2.00 bits per heavy atom. The Labute approximate surface area is 122 Å². The number of sulfone groups is 1. The number of rotatable bonds is 7. The highest BCUT2D eigenvalue weighted by Crippen LogP contribution is 2.33. The van der Waals surface area contributed by atoms with Gasteiger partial charge in [0.1, 0.15) is 0 Å². The third-order valence-electron chi connectivity index (χ3n) is 3.99. The molecule has 1 aliphatic rings. The van der Waals surface area contributed by atoms with E-state index >= 15 is 0 Å². The maximum atomic E-state index is 12.1. The molecular formula is C16H25NO2S. The Morgan fingerprint density at radius 3 is 2.75 bits per heavy atom. The lowest BCUT2D eigenvalue weighted by Crippen LogP contribution is -2.31. The van der Waals surface area contributed by atoms with Crippen LogP contribution in [0.2, 0.25) is 0 Å². The molecule has 1 aromatic carbocycles. The van der Waals surface area contributed by atoms with Crippen LogP contribution in [0.25, 0.3) is 0 Å². The lowest BCUT2D eigenvalue weighted by Gasteiger charge is -2.19. The molecule has 2 unspecified atom stereocenters. The minimum absolute atomic E-state index is 0.0441. The van der Waals surface area contributed by atoms with Gasteiger partial charge in [-0.25, -0.2) is 8.42 Å². The lowest BCUT2D eigenvalue weighted by molar-refractivity contribution is 0.440. The summed E-state index contributed by atoms with van der Waals surface area (Å²) in [6, 6.07) is 7.68. The highest BCUT2D eigenvalue weighted by molar-refractivity contribution is 7.91. The topological polar surface area (TPSA) is 46.2 Å². The fourth-order valence-corrected chi connectivity index (χ4v) is 4.64. The van der Waals surface area contributed by atoms with E-state index in [2.05, 4.69) is 19.2 Å². The van der Waals surface area contributed by atoms with Crippen LogP contribution in [0.4, 0.5) is 0 Å². The van der Waals surface area contributed by atoms with Crippen LogP contribution in [0.15, 0.2) is 29.2 Å². The molecule has 1 aromatic rings. The standard InChI is InChI=1S/C16H25NO2S/c1-3-4-5-6-9-13(2)17-15-12-20(18,19)16-11-8-7-10-14(15)16/h7-8,10-11,13,15,17H,3-6,9,12H2,1-2H3. The second kappa shape index (κ2) is 6.72. The molecular weight excluding hydrogens is 270 g/mol. The lowest BCUT2D eigenvalue weighted by atomic mass is 10.0. The second-order valence-electron chi connectivity index (χ2n) is 5.79. The highest BCUT2D eigenvalue weighted by atomic mass is 32.2. The summed E-state index contributed by atoms with van der Waals surface area (Å²) in [6.07, 6.45) is 6.12. The van der Waals surface area contributed by atoms with Crippen LogP contribution in [-0.2, 0) is 9.84 Å². The normalized spacial score (nSPS) is 21.6. The maximum absolute atomic E-state index is 12.1. The number of hydrogen-bond donors (Lipinski definition) is 1. The summed E-state index contributed by atoms with van der Waals surface area (Å²) < 4.78 is 24.2.